The number of anilines is 1. The molecule has 0 amide bonds. The zero-order valence-electron chi connectivity index (χ0n) is 11.5. The zero-order valence-corrected chi connectivity index (χ0v) is 11.5. The second-order valence-electron chi connectivity index (χ2n) is 5.15. The van der Waals surface area contributed by atoms with Crippen LogP contribution in [0.4, 0.5) is 18.9 Å². The number of hydrogen-bond acceptors (Lipinski definition) is 3. The topological polar surface area (TPSA) is 43.7 Å². The van der Waals surface area contributed by atoms with Crippen LogP contribution in [0.1, 0.15) is 18.4 Å². The van der Waals surface area contributed by atoms with Gasteiger partial charge in [0.2, 0.25) is 0 Å². The minimum atomic E-state index is -4.34. The number of nitrogens with zero attached hydrogens (tertiary/aromatic N) is 1. The van der Waals surface area contributed by atoms with E-state index in [-0.39, 0.29) is 6.61 Å². The van der Waals surface area contributed by atoms with Gasteiger partial charge in [0, 0.05) is 18.8 Å². The summed E-state index contributed by atoms with van der Waals surface area (Å²) >= 11 is 0. The Morgan fingerprint density at radius 3 is 2.62 bits per heavy atom. The molecule has 1 aromatic carbocycles. The lowest BCUT2D eigenvalue weighted by Crippen LogP contribution is -2.29. The van der Waals surface area contributed by atoms with E-state index in [9.17, 15) is 18.3 Å². The van der Waals surface area contributed by atoms with Crippen LogP contribution in [0.15, 0.2) is 35.9 Å². The Morgan fingerprint density at radius 2 is 2.05 bits per heavy atom. The Bertz CT molecular complexity index is 514. The van der Waals surface area contributed by atoms with Gasteiger partial charge in [0.05, 0.1) is 18.3 Å². The normalized spacial score (nSPS) is 17.6. The van der Waals surface area contributed by atoms with Crippen molar-refractivity contribution < 1.29 is 23.4 Å². The largest absolute Gasteiger partial charge is 0.416 e. The Hall–Kier alpha value is -1.53. The smallest absolute Gasteiger partial charge is 0.394 e. The molecule has 1 aromatic rings. The lowest BCUT2D eigenvalue weighted by Gasteiger charge is -2.29. The molecule has 2 N–H and O–H groups in total. The van der Waals surface area contributed by atoms with Crippen LogP contribution >= 0.6 is 0 Å². The molecular weight excluding hydrogens is 283 g/mol. The van der Waals surface area contributed by atoms with Crippen molar-refractivity contribution in [2.75, 3.05) is 24.6 Å². The highest BCUT2D eigenvalue weighted by Crippen LogP contribution is 2.32. The molecule has 1 unspecified atom stereocenters. The van der Waals surface area contributed by atoms with E-state index in [0.29, 0.717) is 31.6 Å². The maximum atomic E-state index is 12.7. The molecule has 1 atom stereocenters. The first-order valence-corrected chi connectivity index (χ1v) is 6.79. The predicted octanol–water partition coefficient (Wildman–Crippen LogP) is 2.59. The first-order chi connectivity index (χ1) is 9.90. The molecule has 21 heavy (non-hydrogen) atoms. The third-order valence-corrected chi connectivity index (χ3v) is 3.55. The van der Waals surface area contributed by atoms with Gasteiger partial charge in [-0.3, -0.25) is 0 Å². The van der Waals surface area contributed by atoms with E-state index >= 15 is 0 Å². The summed E-state index contributed by atoms with van der Waals surface area (Å²) in [6.07, 6.45) is -2.11. The molecule has 0 spiro atoms. The van der Waals surface area contributed by atoms with Crippen LogP contribution in [0, 0.1) is 0 Å². The average Bonchev–Trinajstić information content (AvgIpc) is 2.47. The molecule has 0 fully saturated rings. The second-order valence-corrected chi connectivity index (χ2v) is 5.15. The summed E-state index contributed by atoms with van der Waals surface area (Å²) in [5.41, 5.74) is 0.924. The zero-order chi connectivity index (χ0) is 15.5. The number of aliphatic hydroxyl groups excluding tert-OH is 2. The summed E-state index contributed by atoms with van der Waals surface area (Å²) in [6, 6.07) is 5.29. The monoisotopic (exact) mass is 301 g/mol. The van der Waals surface area contributed by atoms with E-state index in [2.05, 4.69) is 0 Å². The van der Waals surface area contributed by atoms with E-state index < -0.39 is 17.8 Å². The number of hydrogen-bond donors (Lipinski definition) is 2. The summed E-state index contributed by atoms with van der Waals surface area (Å²) in [4.78, 5) is 1.87. The van der Waals surface area contributed by atoms with Crippen LogP contribution in [-0.4, -0.2) is 36.0 Å². The molecule has 1 heterocycles. The Balaban J connectivity index is 2.05. The fourth-order valence-electron chi connectivity index (χ4n) is 2.38. The quantitative estimate of drug-likeness (QED) is 0.840. The van der Waals surface area contributed by atoms with Crippen LogP contribution in [0.2, 0.25) is 0 Å². The van der Waals surface area contributed by atoms with Gasteiger partial charge in [0.15, 0.2) is 0 Å². The van der Waals surface area contributed by atoms with E-state index in [0.717, 1.165) is 17.7 Å². The van der Waals surface area contributed by atoms with Crippen molar-refractivity contribution in [3.8, 4) is 0 Å². The highest BCUT2D eigenvalue weighted by molar-refractivity contribution is 5.50. The van der Waals surface area contributed by atoms with Crippen molar-refractivity contribution in [3.63, 3.8) is 0 Å². The Kier molecular flexibility index (Phi) is 4.90. The molecule has 0 bridgehead atoms. The van der Waals surface area contributed by atoms with Gasteiger partial charge in [0.25, 0.3) is 0 Å². The molecular formula is C15H18F3NO2. The third kappa shape index (κ3) is 4.22. The predicted molar refractivity (Wildman–Crippen MR) is 74.1 cm³/mol. The molecule has 3 nitrogen and oxygen atoms in total. The summed E-state index contributed by atoms with van der Waals surface area (Å²) in [5, 5.41) is 18.2. The van der Waals surface area contributed by atoms with Crippen molar-refractivity contribution >= 4 is 5.69 Å². The standard InChI is InChI=1S/C15H18F3NO2/c16-15(17,18)12-2-1-3-13(9-12)19-6-4-11(5-7-19)8-14(21)10-20/h1-4,9,14,20-21H,5-8,10H2. The van der Waals surface area contributed by atoms with Gasteiger partial charge in [-0.15, -0.1) is 0 Å². The van der Waals surface area contributed by atoms with Crippen molar-refractivity contribution in [2.45, 2.75) is 25.1 Å². The van der Waals surface area contributed by atoms with Crippen molar-refractivity contribution in [3.05, 3.63) is 41.5 Å². The van der Waals surface area contributed by atoms with Gasteiger partial charge < -0.3 is 15.1 Å². The van der Waals surface area contributed by atoms with Gasteiger partial charge in [-0.1, -0.05) is 17.7 Å². The van der Waals surface area contributed by atoms with Crippen LogP contribution in [0.3, 0.4) is 0 Å². The minimum absolute atomic E-state index is 0.283. The molecule has 0 aliphatic carbocycles. The summed E-state index contributed by atoms with van der Waals surface area (Å²) in [7, 11) is 0. The van der Waals surface area contributed by atoms with Crippen LogP contribution in [0.25, 0.3) is 0 Å². The molecule has 1 aliphatic heterocycles. The van der Waals surface area contributed by atoms with Crippen molar-refractivity contribution in [1.82, 2.24) is 0 Å². The molecule has 1 aliphatic rings. The van der Waals surface area contributed by atoms with E-state index in [4.69, 9.17) is 5.11 Å². The fraction of sp³-hybridized carbons (Fsp3) is 0.467. The van der Waals surface area contributed by atoms with E-state index in [1.807, 2.05) is 11.0 Å². The number of rotatable bonds is 4. The SMILES string of the molecule is OCC(O)CC1=CCN(c2cccc(C(F)(F)F)c2)CC1. The lowest BCUT2D eigenvalue weighted by atomic mass is 10.0. The van der Waals surface area contributed by atoms with Crippen LogP contribution < -0.4 is 4.90 Å². The molecule has 116 valence electrons. The van der Waals surface area contributed by atoms with Crippen LogP contribution in [0.5, 0.6) is 0 Å². The Morgan fingerprint density at radius 1 is 1.29 bits per heavy atom. The van der Waals surface area contributed by atoms with E-state index in [1.165, 1.54) is 6.07 Å². The van der Waals surface area contributed by atoms with E-state index in [1.54, 1.807) is 6.07 Å². The van der Waals surface area contributed by atoms with Gasteiger partial charge in [-0.2, -0.15) is 13.2 Å². The van der Waals surface area contributed by atoms with Crippen LogP contribution in [-0.2, 0) is 6.18 Å². The lowest BCUT2D eigenvalue weighted by molar-refractivity contribution is -0.137. The summed E-state index contributed by atoms with van der Waals surface area (Å²) in [5.74, 6) is 0. The van der Waals surface area contributed by atoms with Gasteiger partial charge in [-0.05, 0) is 31.0 Å². The number of halogens is 3. The highest BCUT2D eigenvalue weighted by atomic mass is 19.4. The number of benzene rings is 1. The van der Waals surface area contributed by atoms with Crippen molar-refractivity contribution in [2.24, 2.45) is 0 Å². The average molecular weight is 301 g/mol. The number of aliphatic hydroxyl groups is 2. The van der Waals surface area contributed by atoms with Crippen molar-refractivity contribution in [1.29, 1.82) is 0 Å². The molecule has 0 saturated carbocycles. The maximum Gasteiger partial charge on any atom is 0.416 e. The third-order valence-electron chi connectivity index (χ3n) is 3.55. The Labute approximate surface area is 121 Å². The summed E-state index contributed by atoms with van der Waals surface area (Å²) in [6.45, 7) is 0.828. The highest BCUT2D eigenvalue weighted by Gasteiger charge is 2.30. The molecule has 2 rings (SSSR count). The number of alkyl halides is 3. The fourth-order valence-corrected chi connectivity index (χ4v) is 2.38. The molecule has 0 aromatic heterocycles. The second kappa shape index (κ2) is 6.49. The molecule has 0 radical (unpaired) electrons. The first-order valence-electron chi connectivity index (χ1n) is 6.79. The summed E-state index contributed by atoms with van der Waals surface area (Å²) < 4.78 is 38.1. The molecule has 0 saturated heterocycles. The van der Waals surface area contributed by atoms with Gasteiger partial charge >= 0.3 is 6.18 Å². The maximum absolute atomic E-state index is 12.7. The minimum Gasteiger partial charge on any atom is -0.394 e. The van der Waals surface area contributed by atoms with Gasteiger partial charge in [0.1, 0.15) is 0 Å². The van der Waals surface area contributed by atoms with Gasteiger partial charge in [-0.25, -0.2) is 0 Å². The molecule has 6 heteroatoms. The first kappa shape index (κ1) is 15.9.